The minimum atomic E-state index is -5.76. The Morgan fingerprint density at radius 1 is 1.06 bits per heavy atom. The molecule has 21 heteroatoms. The number of aliphatic hydroxyl groups excluding tert-OH is 2. The number of anilines is 1. The van der Waals surface area contributed by atoms with E-state index in [1.807, 2.05) is 4.98 Å². The van der Waals surface area contributed by atoms with E-state index in [9.17, 15) is 38.4 Å². The van der Waals surface area contributed by atoms with E-state index in [4.69, 9.17) is 25.2 Å². The molecule has 1 aromatic heterocycles. The number of nitrogen functional groups attached to an aromatic ring is 1. The minimum absolute atomic E-state index is 0.404. The molecule has 31 heavy (non-hydrogen) atoms. The van der Waals surface area contributed by atoms with Crippen LogP contribution >= 0.6 is 23.5 Å². The topological polar surface area (TPSA) is 290 Å². The molecule has 1 aliphatic heterocycles. The van der Waals surface area contributed by atoms with Crippen LogP contribution in [0.5, 0.6) is 0 Å². The molecule has 1 fully saturated rings. The number of rotatable bonds is 8. The van der Waals surface area contributed by atoms with Crippen molar-refractivity contribution in [2.75, 3.05) is 12.3 Å². The lowest BCUT2D eigenvalue weighted by molar-refractivity contribution is -0.0225. The maximum Gasteiger partial charge on any atom is 0.490 e. The van der Waals surface area contributed by atoms with Crippen LogP contribution in [0.1, 0.15) is 11.7 Å². The van der Waals surface area contributed by atoms with E-state index >= 15 is 0 Å². The predicted octanol–water partition coefficient (Wildman–Crippen LogP) is -2.84. The molecule has 1 aliphatic rings. The quantitative estimate of drug-likeness (QED) is 0.162. The van der Waals surface area contributed by atoms with Gasteiger partial charge in [-0.2, -0.15) is 8.62 Å². The summed E-state index contributed by atoms with van der Waals surface area (Å²) in [4.78, 5) is 60.9. The van der Waals surface area contributed by atoms with Crippen LogP contribution in [0.2, 0.25) is 0 Å². The Kier molecular flexibility index (Phi) is 7.52. The number of aromatic nitrogens is 2. The van der Waals surface area contributed by atoms with E-state index in [0.717, 1.165) is 4.57 Å². The van der Waals surface area contributed by atoms with E-state index in [-0.39, 0.29) is 0 Å². The number of phosphoric ester groups is 1. The van der Waals surface area contributed by atoms with Crippen molar-refractivity contribution in [1.29, 1.82) is 0 Å². The van der Waals surface area contributed by atoms with E-state index < -0.39 is 77.1 Å². The lowest BCUT2D eigenvalue weighted by atomic mass is 10.0. The SMILES string of the molecule is Cn1c(N)c([C@@H]2O[C@H](COP(=O)(O)OP(=O)(O)OP(=O)(O)O)[C@@H](O)[C@H]2O)c(=O)[nH]c1=O. The van der Waals surface area contributed by atoms with Crippen LogP contribution in [0.3, 0.4) is 0 Å². The molecule has 0 aliphatic carbocycles. The number of H-pyrrole nitrogens is 1. The van der Waals surface area contributed by atoms with E-state index in [0.29, 0.717) is 0 Å². The van der Waals surface area contributed by atoms with Gasteiger partial charge in [-0.3, -0.25) is 18.9 Å². The molecule has 0 spiro atoms. The van der Waals surface area contributed by atoms with Crippen molar-refractivity contribution in [2.45, 2.75) is 24.4 Å². The molecular weight excluding hydrogens is 495 g/mol. The van der Waals surface area contributed by atoms with Crippen molar-refractivity contribution >= 4 is 29.3 Å². The molecule has 0 radical (unpaired) electrons. The van der Waals surface area contributed by atoms with Crippen LogP contribution < -0.4 is 17.0 Å². The summed E-state index contributed by atoms with van der Waals surface area (Å²) in [6.07, 6.45) is -6.90. The van der Waals surface area contributed by atoms with Crippen molar-refractivity contribution < 1.29 is 61.4 Å². The first-order valence-electron chi connectivity index (χ1n) is 7.83. The number of nitrogens with zero attached hydrogens (tertiary/aromatic N) is 1. The lowest BCUT2D eigenvalue weighted by Crippen LogP contribution is -2.37. The number of hydrogen-bond acceptors (Lipinski definition) is 12. The number of aromatic amines is 1. The molecule has 0 saturated carbocycles. The number of hydrogen-bond donors (Lipinski definition) is 8. The molecule has 18 nitrogen and oxygen atoms in total. The molecule has 2 heterocycles. The largest absolute Gasteiger partial charge is 0.490 e. The van der Waals surface area contributed by atoms with Crippen molar-refractivity contribution in [3.05, 3.63) is 26.4 Å². The summed E-state index contributed by atoms with van der Waals surface area (Å²) in [5.74, 6) is -0.404. The van der Waals surface area contributed by atoms with E-state index in [1.54, 1.807) is 0 Å². The molecule has 178 valence electrons. The molecule has 6 atom stereocenters. The zero-order valence-electron chi connectivity index (χ0n) is 15.2. The van der Waals surface area contributed by atoms with Crippen molar-refractivity contribution in [3.8, 4) is 0 Å². The minimum Gasteiger partial charge on any atom is -0.387 e. The molecule has 0 amide bonds. The maximum atomic E-state index is 12.1. The van der Waals surface area contributed by atoms with Gasteiger partial charge in [0.1, 0.15) is 30.2 Å². The van der Waals surface area contributed by atoms with Crippen LogP contribution in [0, 0.1) is 0 Å². The van der Waals surface area contributed by atoms with E-state index in [2.05, 4.69) is 13.1 Å². The first kappa shape index (κ1) is 26.0. The molecule has 2 rings (SSSR count). The molecular formula is C10H18N3O15P3. The first-order valence-corrected chi connectivity index (χ1v) is 12.3. The molecule has 9 N–H and O–H groups in total. The number of nitrogens with two attached hydrogens (primary N) is 1. The highest BCUT2D eigenvalue weighted by atomic mass is 31.3. The maximum absolute atomic E-state index is 12.1. The monoisotopic (exact) mass is 513 g/mol. The summed E-state index contributed by atoms with van der Waals surface area (Å²) in [6, 6.07) is 0. The Balaban J connectivity index is 2.15. The Morgan fingerprint density at radius 2 is 1.65 bits per heavy atom. The highest BCUT2D eigenvalue weighted by molar-refractivity contribution is 7.66. The fourth-order valence-corrected chi connectivity index (χ4v) is 5.56. The molecule has 0 bridgehead atoms. The molecule has 0 aromatic carbocycles. The lowest BCUT2D eigenvalue weighted by Gasteiger charge is -2.19. The Hall–Kier alpha value is -1.23. The third-order valence-corrected chi connectivity index (χ3v) is 7.67. The second-order valence-electron chi connectivity index (χ2n) is 6.08. The van der Waals surface area contributed by atoms with Gasteiger partial charge in [0.2, 0.25) is 0 Å². The van der Waals surface area contributed by atoms with Gasteiger partial charge in [-0.25, -0.2) is 18.5 Å². The summed E-state index contributed by atoms with van der Waals surface area (Å²) < 4.78 is 51.0. The third kappa shape index (κ3) is 6.40. The van der Waals surface area contributed by atoms with Crippen molar-refractivity contribution in [2.24, 2.45) is 7.05 Å². The number of phosphoric acid groups is 3. The van der Waals surface area contributed by atoms with Crippen molar-refractivity contribution in [1.82, 2.24) is 9.55 Å². The number of ether oxygens (including phenoxy) is 1. The van der Waals surface area contributed by atoms with Crippen LogP contribution in [-0.2, 0) is 38.6 Å². The van der Waals surface area contributed by atoms with Gasteiger partial charge in [0.25, 0.3) is 5.56 Å². The standard InChI is InChI=1S/C10H18N3O15P3/c1-13-8(11)4(9(16)12-10(13)17)7-6(15)5(14)3(26-7)2-25-30(21,22)28-31(23,24)27-29(18,19)20/h3,5-7,14-15H,2,11H2,1H3,(H,21,22)(H,23,24)(H,12,16,17)(H2,18,19,20)/t3-,5-,6-,7+/m1/s1. The summed E-state index contributed by atoms with van der Waals surface area (Å²) >= 11 is 0. The average molecular weight is 513 g/mol. The van der Waals surface area contributed by atoms with Crippen molar-refractivity contribution in [3.63, 3.8) is 0 Å². The zero-order valence-corrected chi connectivity index (χ0v) is 17.9. The van der Waals surface area contributed by atoms with Crippen LogP contribution in [0.15, 0.2) is 9.59 Å². The van der Waals surface area contributed by atoms with Crippen LogP contribution in [0.25, 0.3) is 0 Å². The van der Waals surface area contributed by atoms with Gasteiger partial charge in [-0.1, -0.05) is 0 Å². The summed E-state index contributed by atoms with van der Waals surface area (Å²) in [6.45, 7) is -1.08. The van der Waals surface area contributed by atoms with E-state index in [1.165, 1.54) is 7.05 Å². The first-order chi connectivity index (χ1) is 13.9. The fourth-order valence-electron chi connectivity index (χ4n) is 2.53. The average Bonchev–Trinajstić information content (AvgIpc) is 2.83. The summed E-state index contributed by atoms with van der Waals surface area (Å²) in [5.41, 5.74) is 3.33. The number of aliphatic hydroxyl groups is 2. The predicted molar refractivity (Wildman–Crippen MR) is 96.2 cm³/mol. The van der Waals surface area contributed by atoms with Gasteiger partial charge in [-0.15, -0.1) is 0 Å². The smallest absolute Gasteiger partial charge is 0.387 e. The second kappa shape index (κ2) is 8.96. The second-order valence-corrected chi connectivity index (χ2v) is 10.5. The van der Waals surface area contributed by atoms with Gasteiger partial charge in [0.15, 0.2) is 0 Å². The van der Waals surface area contributed by atoms with Crippen LogP contribution in [0.4, 0.5) is 5.82 Å². The number of nitrogens with one attached hydrogen (secondary N) is 1. The van der Waals surface area contributed by atoms with Gasteiger partial charge >= 0.3 is 29.2 Å². The Labute approximate surface area is 171 Å². The summed E-state index contributed by atoms with van der Waals surface area (Å²) in [5, 5.41) is 20.2. The third-order valence-electron chi connectivity index (χ3n) is 3.87. The molecule has 1 aromatic rings. The normalized spacial score (nSPS) is 28.2. The van der Waals surface area contributed by atoms with Crippen LogP contribution in [-0.4, -0.2) is 64.3 Å². The fraction of sp³-hybridized carbons (Fsp3) is 0.600. The van der Waals surface area contributed by atoms with Gasteiger partial charge < -0.3 is 40.3 Å². The zero-order chi connectivity index (χ0) is 23.9. The Morgan fingerprint density at radius 3 is 2.19 bits per heavy atom. The molecule has 1 saturated heterocycles. The van der Waals surface area contributed by atoms with Gasteiger partial charge in [-0.05, 0) is 0 Å². The Bertz CT molecular complexity index is 1090. The van der Waals surface area contributed by atoms with Gasteiger partial charge in [0.05, 0.1) is 12.2 Å². The highest BCUT2D eigenvalue weighted by Crippen LogP contribution is 2.66. The van der Waals surface area contributed by atoms with Gasteiger partial charge in [0, 0.05) is 7.05 Å². The molecule has 2 unspecified atom stereocenters. The highest BCUT2D eigenvalue weighted by Gasteiger charge is 2.47. The summed E-state index contributed by atoms with van der Waals surface area (Å²) in [7, 11) is -15.7.